The maximum Gasteiger partial charge on any atom is 0.162 e. The number of morpholine rings is 1. The summed E-state index contributed by atoms with van der Waals surface area (Å²) >= 11 is 0. The van der Waals surface area contributed by atoms with Crippen LogP contribution >= 0.6 is 0 Å². The van der Waals surface area contributed by atoms with Gasteiger partial charge < -0.3 is 4.74 Å². The van der Waals surface area contributed by atoms with E-state index >= 15 is 0 Å². The number of aromatic nitrogens is 3. The molecule has 0 atom stereocenters. The smallest absolute Gasteiger partial charge is 0.162 e. The second kappa shape index (κ2) is 7.99. The van der Waals surface area contributed by atoms with Crippen molar-refractivity contribution in [2.75, 3.05) is 39.4 Å². The van der Waals surface area contributed by atoms with Crippen molar-refractivity contribution in [3.63, 3.8) is 0 Å². The van der Waals surface area contributed by atoms with Crippen LogP contribution in [0.5, 0.6) is 0 Å². The van der Waals surface area contributed by atoms with Crippen molar-refractivity contribution in [3.05, 3.63) is 54.5 Å². The average molecular weight is 377 g/mol. The molecule has 0 N–H and O–H groups in total. The molecule has 146 valence electrons. The number of likely N-dealkylation sites (tertiary alicyclic amines) is 1. The van der Waals surface area contributed by atoms with Gasteiger partial charge in [0, 0.05) is 49.2 Å². The van der Waals surface area contributed by atoms with Gasteiger partial charge in [-0.3, -0.25) is 9.80 Å². The lowest BCUT2D eigenvalue weighted by molar-refractivity contribution is 0.000213. The lowest BCUT2D eigenvalue weighted by Crippen LogP contribution is -2.48. The lowest BCUT2D eigenvalue weighted by atomic mass is 10.0. The molecule has 3 aromatic rings. The van der Waals surface area contributed by atoms with Crippen molar-refractivity contribution in [1.82, 2.24) is 24.4 Å². The molecule has 5 rings (SSSR count). The molecule has 2 aliphatic heterocycles. The van der Waals surface area contributed by atoms with Gasteiger partial charge in [0.1, 0.15) is 0 Å². The van der Waals surface area contributed by atoms with Crippen molar-refractivity contribution in [1.29, 1.82) is 0 Å². The minimum absolute atomic E-state index is 0.723. The zero-order chi connectivity index (χ0) is 18.8. The largest absolute Gasteiger partial charge is 0.379 e. The Bertz CT molecular complexity index is 911. The van der Waals surface area contributed by atoms with E-state index in [2.05, 4.69) is 33.2 Å². The molecule has 0 spiro atoms. The Morgan fingerprint density at radius 1 is 0.964 bits per heavy atom. The fraction of sp³-hybridized carbons (Fsp3) is 0.455. The topological polar surface area (TPSA) is 45.9 Å². The van der Waals surface area contributed by atoms with Crippen molar-refractivity contribution in [3.8, 4) is 11.1 Å². The number of piperidine rings is 1. The third-order valence-corrected chi connectivity index (χ3v) is 6.02. The van der Waals surface area contributed by atoms with E-state index in [4.69, 9.17) is 9.72 Å². The van der Waals surface area contributed by atoms with Crippen molar-refractivity contribution < 1.29 is 4.74 Å². The standard InChI is InChI=1S/C22H27N5O/c1-2-4-19(5-3-1)21-15-24-27-17-18(14-23-22(21)27)16-25-8-6-20(7-9-25)26-10-12-28-13-11-26/h1-5,14-15,17,20H,6-13,16H2. The number of hydrogen-bond acceptors (Lipinski definition) is 5. The Morgan fingerprint density at radius 2 is 1.75 bits per heavy atom. The molecule has 6 nitrogen and oxygen atoms in total. The van der Waals surface area contributed by atoms with Crippen LogP contribution in [0, 0.1) is 0 Å². The molecule has 0 amide bonds. The fourth-order valence-corrected chi connectivity index (χ4v) is 4.46. The average Bonchev–Trinajstić information content (AvgIpc) is 3.19. The zero-order valence-corrected chi connectivity index (χ0v) is 16.2. The number of ether oxygens (including phenoxy) is 1. The highest BCUT2D eigenvalue weighted by Gasteiger charge is 2.25. The molecule has 4 heterocycles. The van der Waals surface area contributed by atoms with Gasteiger partial charge in [0.15, 0.2) is 5.65 Å². The molecule has 0 bridgehead atoms. The van der Waals surface area contributed by atoms with Crippen LogP contribution in [-0.4, -0.2) is 69.8 Å². The first-order valence-corrected chi connectivity index (χ1v) is 10.3. The van der Waals surface area contributed by atoms with Gasteiger partial charge in [-0.2, -0.15) is 5.10 Å². The predicted molar refractivity (Wildman–Crippen MR) is 109 cm³/mol. The first kappa shape index (κ1) is 17.8. The van der Waals surface area contributed by atoms with Gasteiger partial charge >= 0.3 is 0 Å². The van der Waals surface area contributed by atoms with E-state index in [0.717, 1.165) is 68.8 Å². The summed E-state index contributed by atoms with van der Waals surface area (Å²) in [6.45, 7) is 7.20. The molecular weight excluding hydrogens is 350 g/mol. The van der Waals surface area contributed by atoms with Crippen LogP contribution in [0.4, 0.5) is 0 Å². The van der Waals surface area contributed by atoms with Gasteiger partial charge in [-0.25, -0.2) is 9.50 Å². The van der Waals surface area contributed by atoms with Gasteiger partial charge in [0.05, 0.1) is 19.4 Å². The van der Waals surface area contributed by atoms with Crippen LogP contribution in [0.15, 0.2) is 48.9 Å². The molecule has 2 aliphatic rings. The molecule has 6 heteroatoms. The summed E-state index contributed by atoms with van der Waals surface area (Å²) in [6.07, 6.45) is 8.54. The van der Waals surface area contributed by atoms with Crippen LogP contribution in [0.2, 0.25) is 0 Å². The zero-order valence-electron chi connectivity index (χ0n) is 16.2. The Labute approximate surface area is 165 Å². The van der Waals surface area contributed by atoms with Gasteiger partial charge in [-0.05, 0) is 31.5 Å². The third kappa shape index (κ3) is 3.68. The van der Waals surface area contributed by atoms with Crippen molar-refractivity contribution in [2.24, 2.45) is 0 Å². The molecular formula is C22H27N5O. The van der Waals surface area contributed by atoms with Crippen LogP contribution in [-0.2, 0) is 11.3 Å². The van der Waals surface area contributed by atoms with E-state index in [1.54, 1.807) is 0 Å². The lowest BCUT2D eigenvalue weighted by Gasteiger charge is -2.40. The molecule has 0 unspecified atom stereocenters. The second-order valence-electron chi connectivity index (χ2n) is 7.81. The predicted octanol–water partition coefficient (Wildman–Crippen LogP) is 2.69. The van der Waals surface area contributed by atoms with Crippen LogP contribution < -0.4 is 0 Å². The molecule has 2 saturated heterocycles. The Morgan fingerprint density at radius 3 is 2.54 bits per heavy atom. The van der Waals surface area contributed by atoms with E-state index in [1.165, 1.54) is 18.4 Å². The second-order valence-corrected chi connectivity index (χ2v) is 7.81. The van der Waals surface area contributed by atoms with Gasteiger partial charge in [0.2, 0.25) is 0 Å². The van der Waals surface area contributed by atoms with Crippen molar-refractivity contribution >= 4 is 5.65 Å². The highest BCUT2D eigenvalue weighted by atomic mass is 16.5. The van der Waals surface area contributed by atoms with Crippen molar-refractivity contribution in [2.45, 2.75) is 25.4 Å². The quantitative estimate of drug-likeness (QED) is 0.700. The van der Waals surface area contributed by atoms with E-state index in [1.807, 2.05) is 35.1 Å². The molecule has 1 aromatic carbocycles. The van der Waals surface area contributed by atoms with Gasteiger partial charge in [-0.15, -0.1) is 0 Å². The first-order valence-electron chi connectivity index (χ1n) is 10.3. The Balaban J connectivity index is 1.24. The summed E-state index contributed by atoms with van der Waals surface area (Å²) in [7, 11) is 0. The SMILES string of the molecule is c1ccc(-c2cnn3cc(CN4CCC(N5CCOCC5)CC4)cnc23)cc1. The third-order valence-electron chi connectivity index (χ3n) is 6.02. The van der Waals surface area contributed by atoms with Gasteiger partial charge in [-0.1, -0.05) is 30.3 Å². The molecule has 28 heavy (non-hydrogen) atoms. The number of hydrogen-bond donors (Lipinski definition) is 0. The minimum atomic E-state index is 0.723. The van der Waals surface area contributed by atoms with Crippen LogP contribution in [0.25, 0.3) is 16.8 Å². The fourth-order valence-electron chi connectivity index (χ4n) is 4.46. The van der Waals surface area contributed by atoms with Crippen LogP contribution in [0.1, 0.15) is 18.4 Å². The number of rotatable bonds is 4. The van der Waals surface area contributed by atoms with E-state index in [-0.39, 0.29) is 0 Å². The highest BCUT2D eigenvalue weighted by molar-refractivity contribution is 5.76. The normalized spacial score (nSPS) is 20.0. The number of fused-ring (bicyclic) bond motifs is 1. The van der Waals surface area contributed by atoms with Crippen LogP contribution in [0.3, 0.4) is 0 Å². The van der Waals surface area contributed by atoms with E-state index in [0.29, 0.717) is 0 Å². The molecule has 0 radical (unpaired) electrons. The molecule has 0 saturated carbocycles. The summed E-state index contributed by atoms with van der Waals surface area (Å²) in [6, 6.07) is 11.1. The summed E-state index contributed by atoms with van der Waals surface area (Å²) in [5.74, 6) is 0. The summed E-state index contributed by atoms with van der Waals surface area (Å²) in [5, 5.41) is 4.54. The van der Waals surface area contributed by atoms with E-state index < -0.39 is 0 Å². The number of nitrogens with zero attached hydrogens (tertiary/aromatic N) is 5. The molecule has 2 fully saturated rings. The first-order chi connectivity index (χ1) is 13.9. The highest BCUT2D eigenvalue weighted by Crippen LogP contribution is 2.24. The monoisotopic (exact) mass is 377 g/mol. The summed E-state index contributed by atoms with van der Waals surface area (Å²) < 4.78 is 7.40. The summed E-state index contributed by atoms with van der Waals surface area (Å²) in [5.41, 5.74) is 4.38. The molecule has 0 aliphatic carbocycles. The Hall–Kier alpha value is -2.28. The minimum Gasteiger partial charge on any atom is -0.379 e. The number of benzene rings is 1. The maximum absolute atomic E-state index is 5.49. The summed E-state index contributed by atoms with van der Waals surface area (Å²) in [4.78, 5) is 9.88. The maximum atomic E-state index is 5.49. The Kier molecular flexibility index (Phi) is 5.08. The van der Waals surface area contributed by atoms with Gasteiger partial charge in [0.25, 0.3) is 0 Å². The van der Waals surface area contributed by atoms with E-state index in [9.17, 15) is 0 Å². The molecule has 2 aromatic heterocycles.